The molecule has 92 valence electrons. The van der Waals surface area contributed by atoms with E-state index >= 15 is 0 Å². The molecule has 0 saturated carbocycles. The Balaban J connectivity index is 4.09. The molecule has 0 heterocycles. The standard InChI is InChI=1S/C10H22BrNO2S/c1-4-8-15(13,14)9-7-12(6-5-11)10(2)3/h10H,4-9H2,1-3H3. The molecular weight excluding hydrogens is 278 g/mol. The largest absolute Gasteiger partial charge is 0.299 e. The molecule has 3 nitrogen and oxygen atoms in total. The summed E-state index contributed by atoms with van der Waals surface area (Å²) in [5, 5.41) is 0.888. The van der Waals surface area contributed by atoms with Gasteiger partial charge in [-0.2, -0.15) is 0 Å². The fourth-order valence-electron chi connectivity index (χ4n) is 1.41. The van der Waals surface area contributed by atoms with Gasteiger partial charge in [-0.15, -0.1) is 0 Å². The number of hydrogen-bond acceptors (Lipinski definition) is 3. The first-order chi connectivity index (χ1) is 6.93. The van der Waals surface area contributed by atoms with Crippen LogP contribution in [0.1, 0.15) is 27.2 Å². The van der Waals surface area contributed by atoms with E-state index in [-0.39, 0.29) is 5.75 Å². The van der Waals surface area contributed by atoms with Gasteiger partial charge in [0.25, 0.3) is 0 Å². The Labute approximate surface area is 102 Å². The van der Waals surface area contributed by atoms with Crippen LogP contribution in [-0.4, -0.2) is 49.3 Å². The summed E-state index contributed by atoms with van der Waals surface area (Å²) < 4.78 is 23.0. The fraction of sp³-hybridized carbons (Fsp3) is 1.00. The van der Waals surface area contributed by atoms with E-state index in [0.717, 1.165) is 11.9 Å². The number of halogens is 1. The molecule has 0 aliphatic carbocycles. The summed E-state index contributed by atoms with van der Waals surface area (Å²) in [7, 11) is -2.84. The highest BCUT2D eigenvalue weighted by Gasteiger charge is 2.14. The van der Waals surface area contributed by atoms with Crippen molar-refractivity contribution in [1.82, 2.24) is 4.90 Å². The van der Waals surface area contributed by atoms with Crippen molar-refractivity contribution in [3.05, 3.63) is 0 Å². The molecule has 0 radical (unpaired) electrons. The number of hydrogen-bond donors (Lipinski definition) is 0. The smallest absolute Gasteiger partial charge is 0.151 e. The lowest BCUT2D eigenvalue weighted by Crippen LogP contribution is -2.36. The second-order valence-electron chi connectivity index (χ2n) is 3.97. The van der Waals surface area contributed by atoms with Crippen LogP contribution >= 0.6 is 15.9 Å². The van der Waals surface area contributed by atoms with Crippen molar-refractivity contribution in [3.8, 4) is 0 Å². The third-order valence-corrected chi connectivity index (χ3v) is 4.50. The van der Waals surface area contributed by atoms with Gasteiger partial charge in [-0.25, -0.2) is 8.42 Å². The van der Waals surface area contributed by atoms with Crippen LogP contribution in [0.2, 0.25) is 0 Å². The molecule has 5 heteroatoms. The van der Waals surface area contributed by atoms with Crippen LogP contribution in [0, 0.1) is 0 Å². The minimum absolute atomic E-state index is 0.284. The van der Waals surface area contributed by atoms with Crippen molar-refractivity contribution in [2.45, 2.75) is 33.2 Å². The molecule has 0 saturated heterocycles. The van der Waals surface area contributed by atoms with Gasteiger partial charge < -0.3 is 0 Å². The van der Waals surface area contributed by atoms with E-state index in [0.29, 0.717) is 24.8 Å². The summed E-state index contributed by atoms with van der Waals surface area (Å²) in [4.78, 5) is 2.18. The number of sulfone groups is 1. The molecule has 0 aromatic carbocycles. The van der Waals surface area contributed by atoms with Crippen LogP contribution in [-0.2, 0) is 9.84 Å². The molecule has 0 aromatic rings. The summed E-state index contributed by atoms with van der Waals surface area (Å²) in [6, 6.07) is 0.402. The predicted octanol–water partition coefficient (Wildman–Crippen LogP) is 1.92. The Morgan fingerprint density at radius 2 is 1.80 bits per heavy atom. The Kier molecular flexibility index (Phi) is 7.83. The van der Waals surface area contributed by atoms with E-state index in [1.165, 1.54) is 0 Å². The zero-order valence-electron chi connectivity index (χ0n) is 9.87. The third kappa shape index (κ3) is 7.30. The molecule has 0 rings (SSSR count). The summed E-state index contributed by atoms with van der Waals surface area (Å²) in [6.07, 6.45) is 0.711. The highest BCUT2D eigenvalue weighted by molar-refractivity contribution is 9.09. The number of alkyl halides is 1. The van der Waals surface area contributed by atoms with E-state index < -0.39 is 9.84 Å². The van der Waals surface area contributed by atoms with Gasteiger partial charge >= 0.3 is 0 Å². The second-order valence-corrected chi connectivity index (χ2v) is 7.07. The van der Waals surface area contributed by atoms with E-state index in [2.05, 4.69) is 34.7 Å². The average molecular weight is 300 g/mol. The quantitative estimate of drug-likeness (QED) is 0.643. The maximum Gasteiger partial charge on any atom is 0.151 e. The Bertz CT molecular complexity index is 252. The first-order valence-electron chi connectivity index (χ1n) is 5.43. The van der Waals surface area contributed by atoms with Crippen LogP contribution in [0.4, 0.5) is 0 Å². The lowest BCUT2D eigenvalue weighted by atomic mass is 10.3. The van der Waals surface area contributed by atoms with E-state index in [1.807, 2.05) is 6.92 Å². The lowest BCUT2D eigenvalue weighted by Gasteiger charge is -2.25. The van der Waals surface area contributed by atoms with Crippen LogP contribution in [0.3, 0.4) is 0 Å². The van der Waals surface area contributed by atoms with Crippen molar-refractivity contribution in [1.29, 1.82) is 0 Å². The normalized spacial score (nSPS) is 12.7. The second kappa shape index (κ2) is 7.63. The van der Waals surface area contributed by atoms with Crippen LogP contribution in [0.25, 0.3) is 0 Å². The molecule has 0 aliphatic rings. The van der Waals surface area contributed by atoms with E-state index in [9.17, 15) is 8.42 Å². The molecule has 0 amide bonds. The molecule has 15 heavy (non-hydrogen) atoms. The van der Waals surface area contributed by atoms with E-state index in [4.69, 9.17) is 0 Å². The summed E-state index contributed by atoms with van der Waals surface area (Å²) in [5.41, 5.74) is 0. The van der Waals surface area contributed by atoms with Gasteiger partial charge in [-0.1, -0.05) is 22.9 Å². The van der Waals surface area contributed by atoms with Crippen molar-refractivity contribution in [2.75, 3.05) is 29.9 Å². The molecule has 0 atom stereocenters. The van der Waals surface area contributed by atoms with Gasteiger partial charge in [-0.3, -0.25) is 4.90 Å². The van der Waals surface area contributed by atoms with Gasteiger partial charge in [0.05, 0.1) is 5.75 Å². The van der Waals surface area contributed by atoms with Crippen LogP contribution in [0.5, 0.6) is 0 Å². The van der Waals surface area contributed by atoms with Crippen molar-refractivity contribution >= 4 is 25.8 Å². The van der Waals surface area contributed by atoms with Gasteiger partial charge in [0.1, 0.15) is 0 Å². The fourth-order valence-corrected chi connectivity index (χ4v) is 3.20. The number of nitrogens with zero attached hydrogens (tertiary/aromatic N) is 1. The minimum atomic E-state index is -2.84. The molecule has 0 aliphatic heterocycles. The molecule has 0 aromatic heterocycles. The lowest BCUT2D eigenvalue weighted by molar-refractivity contribution is 0.250. The monoisotopic (exact) mass is 299 g/mol. The van der Waals surface area contributed by atoms with Crippen LogP contribution in [0.15, 0.2) is 0 Å². The molecule has 0 fully saturated rings. The first kappa shape index (κ1) is 15.4. The Hall–Kier alpha value is 0.390. The number of rotatable bonds is 8. The SMILES string of the molecule is CCCS(=O)(=O)CCN(CCBr)C(C)C. The zero-order chi connectivity index (χ0) is 11.9. The Morgan fingerprint density at radius 1 is 1.20 bits per heavy atom. The summed E-state index contributed by atoms with van der Waals surface area (Å²) in [5.74, 6) is 0.596. The van der Waals surface area contributed by atoms with Crippen molar-refractivity contribution < 1.29 is 8.42 Å². The van der Waals surface area contributed by atoms with Gasteiger partial charge in [-0.05, 0) is 20.3 Å². The average Bonchev–Trinajstić information content (AvgIpc) is 2.11. The third-order valence-electron chi connectivity index (χ3n) is 2.31. The van der Waals surface area contributed by atoms with E-state index in [1.54, 1.807) is 0 Å². The van der Waals surface area contributed by atoms with Gasteiger partial charge in [0, 0.05) is 30.2 Å². The maximum atomic E-state index is 11.5. The molecular formula is C10H22BrNO2S. The minimum Gasteiger partial charge on any atom is -0.299 e. The maximum absolute atomic E-state index is 11.5. The summed E-state index contributed by atoms with van der Waals surface area (Å²) in [6.45, 7) is 7.63. The van der Waals surface area contributed by atoms with Crippen molar-refractivity contribution in [2.24, 2.45) is 0 Å². The topological polar surface area (TPSA) is 37.4 Å². The highest BCUT2D eigenvalue weighted by Crippen LogP contribution is 2.02. The molecule has 0 spiro atoms. The first-order valence-corrected chi connectivity index (χ1v) is 8.37. The van der Waals surface area contributed by atoms with Gasteiger partial charge in [0.2, 0.25) is 0 Å². The van der Waals surface area contributed by atoms with Crippen molar-refractivity contribution in [3.63, 3.8) is 0 Å². The highest BCUT2D eigenvalue weighted by atomic mass is 79.9. The predicted molar refractivity (Wildman–Crippen MR) is 69.4 cm³/mol. The Morgan fingerprint density at radius 3 is 2.20 bits per heavy atom. The molecule has 0 N–H and O–H groups in total. The summed E-state index contributed by atoms with van der Waals surface area (Å²) >= 11 is 3.38. The van der Waals surface area contributed by atoms with Crippen LogP contribution < -0.4 is 0 Å². The molecule has 0 bridgehead atoms. The zero-order valence-corrected chi connectivity index (χ0v) is 12.3. The van der Waals surface area contributed by atoms with Gasteiger partial charge in [0.15, 0.2) is 9.84 Å². The molecule has 0 unspecified atom stereocenters.